The number of halogens is 1. The fourth-order valence-electron chi connectivity index (χ4n) is 1.65. The summed E-state index contributed by atoms with van der Waals surface area (Å²) in [6.07, 6.45) is 0. The second kappa shape index (κ2) is 7.74. The maximum Gasteiger partial charge on any atom is 0.119 e. The van der Waals surface area contributed by atoms with Crippen LogP contribution in [0.2, 0.25) is 0 Å². The molecule has 0 fully saturated rings. The van der Waals surface area contributed by atoms with Crippen molar-refractivity contribution in [2.75, 3.05) is 40.9 Å². The monoisotopic (exact) mass is 316 g/mol. The lowest BCUT2D eigenvalue weighted by atomic mass is 10.1. The molecule has 0 aliphatic rings. The highest BCUT2D eigenvalue weighted by molar-refractivity contribution is 9.10. The quantitative estimate of drug-likeness (QED) is 0.803. The largest absolute Gasteiger partial charge is 0.497 e. The lowest BCUT2D eigenvalue weighted by Crippen LogP contribution is -2.31. The molecule has 1 unspecified atom stereocenters. The minimum absolute atomic E-state index is 0.0548. The van der Waals surface area contributed by atoms with Crippen molar-refractivity contribution < 1.29 is 9.84 Å². The summed E-state index contributed by atoms with van der Waals surface area (Å²) < 4.78 is 6.18. The molecule has 2 N–H and O–H groups in total. The Bertz CT molecular complexity index is 372. The van der Waals surface area contributed by atoms with E-state index in [2.05, 4.69) is 26.1 Å². The average molecular weight is 317 g/mol. The molecule has 0 aliphatic carbocycles. The summed E-state index contributed by atoms with van der Waals surface area (Å²) in [6.45, 7) is 1.80. The number of rotatable bonds is 7. The van der Waals surface area contributed by atoms with Crippen molar-refractivity contribution in [3.8, 4) is 5.75 Å². The van der Waals surface area contributed by atoms with Crippen LogP contribution < -0.4 is 10.1 Å². The molecule has 0 saturated carbocycles. The van der Waals surface area contributed by atoms with Crippen molar-refractivity contribution in [3.63, 3.8) is 0 Å². The van der Waals surface area contributed by atoms with Crippen LogP contribution in [0.15, 0.2) is 22.7 Å². The first-order valence-electron chi connectivity index (χ1n) is 5.91. The van der Waals surface area contributed by atoms with Crippen LogP contribution >= 0.6 is 15.9 Å². The summed E-state index contributed by atoms with van der Waals surface area (Å²) in [5, 5.41) is 12.8. The van der Waals surface area contributed by atoms with E-state index >= 15 is 0 Å². The number of aliphatic hydroxyl groups is 1. The molecule has 0 radical (unpaired) electrons. The third kappa shape index (κ3) is 4.57. The maximum absolute atomic E-state index is 9.49. The molecule has 1 rings (SSSR count). The van der Waals surface area contributed by atoms with Crippen LogP contribution in [-0.2, 0) is 0 Å². The number of nitrogens with one attached hydrogen (secondary N) is 1. The zero-order valence-corrected chi connectivity index (χ0v) is 12.7. The smallest absolute Gasteiger partial charge is 0.119 e. The summed E-state index contributed by atoms with van der Waals surface area (Å²) in [6, 6.07) is 5.68. The van der Waals surface area contributed by atoms with E-state index in [1.807, 2.05) is 32.3 Å². The van der Waals surface area contributed by atoms with Crippen LogP contribution in [0.5, 0.6) is 5.75 Å². The molecule has 1 atom stereocenters. The number of aliphatic hydroxyl groups excluding tert-OH is 1. The number of hydrogen-bond acceptors (Lipinski definition) is 4. The Hall–Kier alpha value is -0.620. The van der Waals surface area contributed by atoms with Gasteiger partial charge in [-0.15, -0.1) is 0 Å². The van der Waals surface area contributed by atoms with Crippen LogP contribution in [0.4, 0.5) is 0 Å². The van der Waals surface area contributed by atoms with Gasteiger partial charge < -0.3 is 20.1 Å². The van der Waals surface area contributed by atoms with Gasteiger partial charge in [-0.05, 0) is 37.9 Å². The van der Waals surface area contributed by atoms with E-state index in [1.54, 1.807) is 7.11 Å². The van der Waals surface area contributed by atoms with Gasteiger partial charge in [0.05, 0.1) is 19.8 Å². The minimum Gasteiger partial charge on any atom is -0.497 e. The first kappa shape index (κ1) is 15.4. The number of benzene rings is 1. The molecule has 0 bridgehead atoms. The summed E-state index contributed by atoms with van der Waals surface area (Å²) in [5.74, 6) is 0.793. The van der Waals surface area contributed by atoms with Crippen LogP contribution in [0, 0.1) is 0 Å². The Kier molecular flexibility index (Phi) is 6.63. The zero-order chi connectivity index (χ0) is 13.5. The fraction of sp³-hybridized carbons (Fsp3) is 0.538. The van der Waals surface area contributed by atoms with E-state index in [9.17, 15) is 5.11 Å². The van der Waals surface area contributed by atoms with Crippen molar-refractivity contribution in [1.29, 1.82) is 0 Å². The first-order valence-corrected chi connectivity index (χ1v) is 6.70. The molecule has 0 aliphatic heterocycles. The summed E-state index contributed by atoms with van der Waals surface area (Å²) in [5.41, 5.74) is 1.01. The normalized spacial score (nSPS) is 12.8. The van der Waals surface area contributed by atoms with Crippen molar-refractivity contribution in [3.05, 3.63) is 28.2 Å². The van der Waals surface area contributed by atoms with Crippen molar-refractivity contribution in [1.82, 2.24) is 10.2 Å². The second-order valence-corrected chi connectivity index (χ2v) is 5.23. The molecule has 18 heavy (non-hydrogen) atoms. The van der Waals surface area contributed by atoms with Gasteiger partial charge in [0.2, 0.25) is 0 Å². The molecular formula is C13H21BrN2O2. The molecule has 4 nitrogen and oxygen atoms in total. The zero-order valence-electron chi connectivity index (χ0n) is 11.1. The van der Waals surface area contributed by atoms with E-state index in [-0.39, 0.29) is 12.6 Å². The lowest BCUT2D eigenvalue weighted by Gasteiger charge is -2.20. The van der Waals surface area contributed by atoms with Gasteiger partial charge in [0.25, 0.3) is 0 Å². The third-order valence-corrected chi connectivity index (χ3v) is 3.43. The molecule has 1 aromatic rings. The molecule has 5 heteroatoms. The van der Waals surface area contributed by atoms with Gasteiger partial charge >= 0.3 is 0 Å². The standard InChI is InChI=1S/C13H21BrN2O2/c1-16(2)7-6-15-13(9-17)11-8-10(18-3)4-5-12(11)14/h4-5,8,13,15,17H,6-7,9H2,1-3H3. The van der Waals surface area contributed by atoms with Gasteiger partial charge in [0, 0.05) is 17.6 Å². The maximum atomic E-state index is 9.49. The molecule has 102 valence electrons. The number of nitrogens with zero attached hydrogens (tertiary/aromatic N) is 1. The molecule has 0 aromatic heterocycles. The van der Waals surface area contributed by atoms with Crippen LogP contribution in [-0.4, -0.2) is 50.9 Å². The van der Waals surface area contributed by atoms with Gasteiger partial charge in [0.15, 0.2) is 0 Å². The van der Waals surface area contributed by atoms with E-state index in [0.29, 0.717) is 0 Å². The lowest BCUT2D eigenvalue weighted by molar-refractivity contribution is 0.239. The van der Waals surface area contributed by atoms with Crippen LogP contribution in [0.3, 0.4) is 0 Å². The third-order valence-electron chi connectivity index (χ3n) is 2.71. The number of likely N-dealkylation sites (N-methyl/N-ethyl adjacent to an activating group) is 1. The Labute approximate surface area is 117 Å². The molecule has 1 aromatic carbocycles. The van der Waals surface area contributed by atoms with E-state index in [4.69, 9.17) is 4.74 Å². The van der Waals surface area contributed by atoms with Gasteiger partial charge in [-0.25, -0.2) is 0 Å². The van der Waals surface area contributed by atoms with Gasteiger partial charge in [0.1, 0.15) is 5.75 Å². The van der Waals surface area contributed by atoms with Crippen molar-refractivity contribution in [2.24, 2.45) is 0 Å². The highest BCUT2D eigenvalue weighted by Gasteiger charge is 2.14. The van der Waals surface area contributed by atoms with Gasteiger partial charge in [-0.3, -0.25) is 0 Å². The Morgan fingerprint density at radius 1 is 1.44 bits per heavy atom. The second-order valence-electron chi connectivity index (χ2n) is 4.38. The summed E-state index contributed by atoms with van der Waals surface area (Å²) >= 11 is 3.50. The van der Waals surface area contributed by atoms with E-state index in [0.717, 1.165) is 28.9 Å². The van der Waals surface area contributed by atoms with Crippen molar-refractivity contribution >= 4 is 15.9 Å². The number of methoxy groups -OCH3 is 1. The fourth-order valence-corrected chi connectivity index (χ4v) is 2.17. The predicted octanol–water partition coefficient (Wildman–Crippen LogP) is 1.64. The highest BCUT2D eigenvalue weighted by Crippen LogP contribution is 2.27. The van der Waals surface area contributed by atoms with E-state index in [1.165, 1.54) is 0 Å². The number of ether oxygens (including phenoxy) is 1. The molecular weight excluding hydrogens is 296 g/mol. The Balaban J connectivity index is 2.74. The Morgan fingerprint density at radius 2 is 2.17 bits per heavy atom. The SMILES string of the molecule is COc1ccc(Br)c(C(CO)NCCN(C)C)c1. The Morgan fingerprint density at radius 3 is 2.72 bits per heavy atom. The molecule has 0 heterocycles. The van der Waals surface area contributed by atoms with Crippen LogP contribution in [0.25, 0.3) is 0 Å². The summed E-state index contributed by atoms with van der Waals surface area (Å²) in [7, 11) is 5.69. The number of hydrogen-bond donors (Lipinski definition) is 2. The van der Waals surface area contributed by atoms with Gasteiger partial charge in [-0.2, -0.15) is 0 Å². The summed E-state index contributed by atoms with van der Waals surface area (Å²) in [4.78, 5) is 2.10. The van der Waals surface area contributed by atoms with Crippen LogP contribution in [0.1, 0.15) is 11.6 Å². The predicted molar refractivity (Wildman–Crippen MR) is 77.1 cm³/mol. The minimum atomic E-state index is -0.0885. The topological polar surface area (TPSA) is 44.7 Å². The molecule has 0 saturated heterocycles. The van der Waals surface area contributed by atoms with E-state index < -0.39 is 0 Å². The molecule has 0 spiro atoms. The van der Waals surface area contributed by atoms with Gasteiger partial charge in [-0.1, -0.05) is 15.9 Å². The average Bonchev–Trinajstić information content (AvgIpc) is 2.35. The van der Waals surface area contributed by atoms with Crippen molar-refractivity contribution in [2.45, 2.75) is 6.04 Å². The highest BCUT2D eigenvalue weighted by atomic mass is 79.9. The molecule has 0 amide bonds. The first-order chi connectivity index (χ1) is 8.58.